The lowest BCUT2D eigenvalue weighted by atomic mass is 9.89. The maximum Gasteiger partial charge on any atom is 0.159 e. The minimum atomic E-state index is 0.344. The molecule has 1 saturated carbocycles. The fraction of sp³-hybridized carbons (Fsp3) is 0.267. The summed E-state index contributed by atoms with van der Waals surface area (Å²) >= 11 is 0. The van der Waals surface area contributed by atoms with Crippen LogP contribution in [0.2, 0.25) is 0 Å². The molecular formula is C15H14O. The topological polar surface area (TPSA) is 17.1 Å². The first-order valence-electron chi connectivity index (χ1n) is 5.87. The van der Waals surface area contributed by atoms with Gasteiger partial charge in [0, 0.05) is 12.0 Å². The second-order valence-corrected chi connectivity index (χ2v) is 4.43. The Morgan fingerprint density at radius 2 is 1.94 bits per heavy atom. The summed E-state index contributed by atoms with van der Waals surface area (Å²) in [6.07, 6.45) is 7.98. The molecule has 0 atom stereocenters. The molecule has 0 radical (unpaired) electrons. The smallest absolute Gasteiger partial charge is 0.159 e. The zero-order chi connectivity index (χ0) is 11.0. The maximum atomic E-state index is 11.8. The van der Waals surface area contributed by atoms with Crippen LogP contribution in [0.15, 0.2) is 42.0 Å². The molecule has 0 aliphatic heterocycles. The minimum Gasteiger partial charge on any atom is -0.295 e. The van der Waals surface area contributed by atoms with Crippen LogP contribution >= 0.6 is 0 Å². The van der Waals surface area contributed by atoms with Crippen LogP contribution in [-0.2, 0) is 11.2 Å². The first-order chi connectivity index (χ1) is 7.86. The van der Waals surface area contributed by atoms with E-state index in [9.17, 15) is 4.79 Å². The summed E-state index contributed by atoms with van der Waals surface area (Å²) in [5.41, 5.74) is 4.82. The van der Waals surface area contributed by atoms with Crippen molar-refractivity contribution in [3.8, 4) is 0 Å². The highest BCUT2D eigenvalue weighted by atomic mass is 16.1. The zero-order valence-corrected chi connectivity index (χ0v) is 9.20. The Hall–Kier alpha value is -1.63. The number of ketones is 1. The highest BCUT2D eigenvalue weighted by Crippen LogP contribution is 2.34. The number of fused-ring (bicyclic) bond motifs is 1. The van der Waals surface area contributed by atoms with E-state index < -0.39 is 0 Å². The molecule has 16 heavy (non-hydrogen) atoms. The third kappa shape index (κ3) is 1.44. The average molecular weight is 210 g/mol. The van der Waals surface area contributed by atoms with Crippen molar-refractivity contribution < 1.29 is 4.79 Å². The van der Waals surface area contributed by atoms with Crippen molar-refractivity contribution in [1.82, 2.24) is 0 Å². The molecule has 1 aromatic rings. The standard InChI is InChI=1S/C15H14O/c16-15-10-4-9-14(15)13-8-3-6-11-5-1-2-7-12(11)13/h1-3,5,7-8H,4,6,9-10H2. The van der Waals surface area contributed by atoms with E-state index in [0.29, 0.717) is 5.78 Å². The summed E-state index contributed by atoms with van der Waals surface area (Å²) in [5, 5.41) is 0. The Morgan fingerprint density at radius 1 is 1.06 bits per heavy atom. The summed E-state index contributed by atoms with van der Waals surface area (Å²) in [6, 6.07) is 8.40. The van der Waals surface area contributed by atoms with E-state index in [1.165, 1.54) is 16.7 Å². The normalized spacial score (nSPS) is 23.6. The number of allylic oxidation sites excluding steroid dienone is 4. The van der Waals surface area contributed by atoms with Gasteiger partial charge < -0.3 is 0 Å². The van der Waals surface area contributed by atoms with Gasteiger partial charge in [0.05, 0.1) is 0 Å². The lowest BCUT2D eigenvalue weighted by Gasteiger charge is -2.15. The van der Waals surface area contributed by atoms with Crippen LogP contribution in [0.3, 0.4) is 0 Å². The molecule has 0 N–H and O–H groups in total. The van der Waals surface area contributed by atoms with Gasteiger partial charge in [-0.2, -0.15) is 0 Å². The van der Waals surface area contributed by atoms with Crippen LogP contribution in [0, 0.1) is 0 Å². The molecule has 0 amide bonds. The molecule has 3 rings (SSSR count). The molecule has 0 aromatic heterocycles. The van der Waals surface area contributed by atoms with E-state index in [0.717, 1.165) is 31.3 Å². The summed E-state index contributed by atoms with van der Waals surface area (Å²) in [4.78, 5) is 11.8. The van der Waals surface area contributed by atoms with Crippen LogP contribution in [0.1, 0.15) is 30.4 Å². The lowest BCUT2D eigenvalue weighted by molar-refractivity contribution is -0.114. The molecular weight excluding hydrogens is 196 g/mol. The number of Topliss-reactive ketones (excluding diaryl/α,β-unsaturated/α-hetero) is 1. The van der Waals surface area contributed by atoms with Crippen molar-refractivity contribution in [3.05, 3.63) is 53.1 Å². The average Bonchev–Trinajstić information content (AvgIpc) is 2.75. The van der Waals surface area contributed by atoms with Crippen molar-refractivity contribution in [1.29, 1.82) is 0 Å². The molecule has 0 bridgehead atoms. The maximum absolute atomic E-state index is 11.8. The molecule has 2 aliphatic rings. The summed E-state index contributed by atoms with van der Waals surface area (Å²) in [7, 11) is 0. The van der Waals surface area contributed by atoms with Crippen LogP contribution in [0.4, 0.5) is 0 Å². The molecule has 80 valence electrons. The monoisotopic (exact) mass is 210 g/mol. The third-order valence-corrected chi connectivity index (χ3v) is 3.42. The first-order valence-corrected chi connectivity index (χ1v) is 5.87. The van der Waals surface area contributed by atoms with Gasteiger partial charge in [0.2, 0.25) is 0 Å². The van der Waals surface area contributed by atoms with Crippen molar-refractivity contribution >= 4 is 11.4 Å². The van der Waals surface area contributed by atoms with Gasteiger partial charge in [0.1, 0.15) is 0 Å². The molecule has 0 saturated heterocycles. The minimum absolute atomic E-state index is 0.344. The van der Waals surface area contributed by atoms with Crippen LogP contribution in [0.5, 0.6) is 0 Å². The third-order valence-electron chi connectivity index (χ3n) is 3.42. The number of rotatable bonds is 0. The Balaban J connectivity index is 2.18. The molecule has 1 fully saturated rings. The predicted molar refractivity (Wildman–Crippen MR) is 65.1 cm³/mol. The highest BCUT2D eigenvalue weighted by molar-refractivity contribution is 6.06. The summed E-state index contributed by atoms with van der Waals surface area (Å²) < 4.78 is 0. The molecule has 0 heterocycles. The van der Waals surface area contributed by atoms with Gasteiger partial charge in [-0.15, -0.1) is 0 Å². The SMILES string of the molecule is O=C1CCCC1=C1C=CCc2ccccc21. The lowest BCUT2D eigenvalue weighted by Crippen LogP contribution is -2.02. The van der Waals surface area contributed by atoms with Crippen molar-refractivity contribution in [2.75, 3.05) is 0 Å². The molecule has 1 heteroatoms. The Morgan fingerprint density at radius 3 is 2.75 bits per heavy atom. The van der Waals surface area contributed by atoms with E-state index in [1.807, 2.05) is 0 Å². The highest BCUT2D eigenvalue weighted by Gasteiger charge is 2.22. The first kappa shape index (κ1) is 9.59. The van der Waals surface area contributed by atoms with Crippen molar-refractivity contribution in [2.45, 2.75) is 25.7 Å². The fourth-order valence-corrected chi connectivity index (χ4v) is 2.62. The van der Waals surface area contributed by atoms with Crippen molar-refractivity contribution in [3.63, 3.8) is 0 Å². The molecule has 0 spiro atoms. The summed E-state index contributed by atoms with van der Waals surface area (Å²) in [6.45, 7) is 0. The Kier molecular flexibility index (Phi) is 2.24. The van der Waals surface area contributed by atoms with Crippen LogP contribution in [0.25, 0.3) is 5.57 Å². The fourth-order valence-electron chi connectivity index (χ4n) is 2.62. The summed E-state index contributed by atoms with van der Waals surface area (Å²) in [5.74, 6) is 0.344. The molecule has 0 unspecified atom stereocenters. The molecule has 1 aromatic carbocycles. The number of carbonyl (C=O) groups excluding carboxylic acids is 1. The van der Waals surface area contributed by atoms with E-state index in [2.05, 4.69) is 36.4 Å². The van der Waals surface area contributed by atoms with E-state index in [4.69, 9.17) is 0 Å². The number of benzene rings is 1. The zero-order valence-electron chi connectivity index (χ0n) is 9.20. The number of hydrogen-bond acceptors (Lipinski definition) is 1. The van der Waals surface area contributed by atoms with Gasteiger partial charge >= 0.3 is 0 Å². The van der Waals surface area contributed by atoms with Gasteiger partial charge in [0.25, 0.3) is 0 Å². The quantitative estimate of drug-likeness (QED) is 0.600. The van der Waals surface area contributed by atoms with Crippen molar-refractivity contribution in [2.24, 2.45) is 0 Å². The molecule has 2 aliphatic carbocycles. The van der Waals surface area contributed by atoms with Gasteiger partial charge in [0.15, 0.2) is 5.78 Å². The van der Waals surface area contributed by atoms with Crippen LogP contribution < -0.4 is 0 Å². The largest absolute Gasteiger partial charge is 0.295 e. The van der Waals surface area contributed by atoms with Crippen LogP contribution in [-0.4, -0.2) is 5.78 Å². The van der Waals surface area contributed by atoms with E-state index in [1.54, 1.807) is 0 Å². The predicted octanol–water partition coefficient (Wildman–Crippen LogP) is 3.31. The number of hydrogen-bond donors (Lipinski definition) is 0. The Bertz CT molecular complexity index is 506. The van der Waals surface area contributed by atoms with E-state index in [-0.39, 0.29) is 0 Å². The number of carbonyl (C=O) groups is 1. The Labute approximate surface area is 95.5 Å². The van der Waals surface area contributed by atoms with Gasteiger partial charge in [-0.1, -0.05) is 36.4 Å². The van der Waals surface area contributed by atoms with Gasteiger partial charge in [-0.3, -0.25) is 4.79 Å². The second-order valence-electron chi connectivity index (χ2n) is 4.43. The molecule has 1 nitrogen and oxygen atoms in total. The second kappa shape index (κ2) is 3.75. The van der Waals surface area contributed by atoms with Gasteiger partial charge in [-0.25, -0.2) is 0 Å². The van der Waals surface area contributed by atoms with Gasteiger partial charge in [-0.05, 0) is 36.0 Å². The van der Waals surface area contributed by atoms with E-state index >= 15 is 0 Å².